The number of carbonyl (C=O) groups is 1. The molecule has 0 aromatic heterocycles. The molecule has 0 aromatic carbocycles. The van der Waals surface area contributed by atoms with Gasteiger partial charge in [0.05, 0.1) is 5.92 Å². The highest BCUT2D eigenvalue weighted by Crippen LogP contribution is 2.36. The van der Waals surface area contributed by atoms with Gasteiger partial charge in [-0.2, -0.15) is 0 Å². The van der Waals surface area contributed by atoms with Crippen molar-refractivity contribution in [3.63, 3.8) is 0 Å². The fourth-order valence-corrected chi connectivity index (χ4v) is 3.24. The zero-order valence-electron chi connectivity index (χ0n) is 10.2. The van der Waals surface area contributed by atoms with E-state index >= 15 is 0 Å². The Labute approximate surface area is 97.8 Å². The fraction of sp³-hybridized carbons (Fsp3) is 0.923. The Morgan fingerprint density at radius 1 is 1.25 bits per heavy atom. The van der Waals surface area contributed by atoms with Crippen LogP contribution in [0, 0.1) is 5.92 Å². The van der Waals surface area contributed by atoms with Crippen LogP contribution in [0.25, 0.3) is 0 Å². The van der Waals surface area contributed by atoms with Crippen LogP contribution in [0.2, 0.25) is 0 Å². The van der Waals surface area contributed by atoms with Crippen LogP contribution in [0.4, 0.5) is 0 Å². The van der Waals surface area contributed by atoms with E-state index in [1.807, 2.05) is 0 Å². The van der Waals surface area contributed by atoms with Crippen LogP contribution < -0.4 is 0 Å². The first kappa shape index (κ1) is 11.9. The summed E-state index contributed by atoms with van der Waals surface area (Å²) in [4.78, 5) is 13.6. The lowest BCUT2D eigenvalue weighted by Crippen LogP contribution is -2.53. The molecule has 0 aromatic rings. The van der Waals surface area contributed by atoms with E-state index in [0.29, 0.717) is 12.1 Å². The Morgan fingerprint density at radius 2 is 2.06 bits per heavy atom. The van der Waals surface area contributed by atoms with Gasteiger partial charge in [0.25, 0.3) is 0 Å². The number of carboxylic acid groups (broad SMARTS) is 1. The molecule has 1 heterocycles. The molecular weight excluding hydrogens is 202 g/mol. The van der Waals surface area contributed by atoms with E-state index in [2.05, 4.69) is 11.8 Å². The maximum Gasteiger partial charge on any atom is 0.308 e. The summed E-state index contributed by atoms with van der Waals surface area (Å²) < 4.78 is 0. The molecule has 92 valence electrons. The summed E-state index contributed by atoms with van der Waals surface area (Å²) in [5.41, 5.74) is 0. The second-order valence-electron chi connectivity index (χ2n) is 5.24. The molecule has 16 heavy (non-hydrogen) atoms. The smallest absolute Gasteiger partial charge is 0.308 e. The number of hydrogen-bond donors (Lipinski definition) is 1. The molecule has 2 aliphatic rings. The SMILES string of the molecule is CCC1CCCCCN1C1CCC1C(=O)O. The van der Waals surface area contributed by atoms with E-state index in [1.165, 1.54) is 32.1 Å². The van der Waals surface area contributed by atoms with Gasteiger partial charge in [-0.25, -0.2) is 0 Å². The van der Waals surface area contributed by atoms with E-state index in [1.54, 1.807) is 0 Å². The number of carboxylic acids is 1. The van der Waals surface area contributed by atoms with Crippen molar-refractivity contribution in [2.45, 2.75) is 64.0 Å². The molecule has 1 N–H and O–H groups in total. The standard InChI is InChI=1S/C13H23NO2/c1-2-10-6-4-3-5-9-14(10)12-8-7-11(12)13(15)16/h10-12H,2-9H2,1H3,(H,15,16). The van der Waals surface area contributed by atoms with Crippen LogP contribution in [0.15, 0.2) is 0 Å². The number of aliphatic carboxylic acids is 1. The second-order valence-corrected chi connectivity index (χ2v) is 5.24. The van der Waals surface area contributed by atoms with Crippen LogP contribution in [0.5, 0.6) is 0 Å². The van der Waals surface area contributed by atoms with Crippen LogP contribution in [-0.4, -0.2) is 34.6 Å². The first-order valence-corrected chi connectivity index (χ1v) is 6.72. The van der Waals surface area contributed by atoms with Crippen LogP contribution >= 0.6 is 0 Å². The van der Waals surface area contributed by atoms with Gasteiger partial charge >= 0.3 is 5.97 Å². The van der Waals surface area contributed by atoms with Gasteiger partial charge in [0.1, 0.15) is 0 Å². The predicted octanol–water partition coefficient (Wildman–Crippen LogP) is 2.50. The van der Waals surface area contributed by atoms with E-state index in [0.717, 1.165) is 19.4 Å². The molecule has 0 radical (unpaired) electrons. The Hall–Kier alpha value is -0.570. The zero-order chi connectivity index (χ0) is 11.5. The third-order valence-corrected chi connectivity index (χ3v) is 4.38. The van der Waals surface area contributed by atoms with Crippen molar-refractivity contribution >= 4 is 5.97 Å². The Morgan fingerprint density at radius 3 is 2.62 bits per heavy atom. The first-order valence-electron chi connectivity index (χ1n) is 6.72. The normalized spacial score (nSPS) is 36.4. The monoisotopic (exact) mass is 225 g/mol. The van der Waals surface area contributed by atoms with Crippen molar-refractivity contribution in [2.75, 3.05) is 6.54 Å². The highest BCUT2D eigenvalue weighted by atomic mass is 16.4. The van der Waals surface area contributed by atoms with Crippen LogP contribution in [0.1, 0.15) is 51.9 Å². The number of nitrogens with zero attached hydrogens (tertiary/aromatic N) is 1. The summed E-state index contributed by atoms with van der Waals surface area (Å²) in [5, 5.41) is 9.14. The quantitative estimate of drug-likeness (QED) is 0.802. The van der Waals surface area contributed by atoms with E-state index in [-0.39, 0.29) is 5.92 Å². The molecule has 3 unspecified atom stereocenters. The topological polar surface area (TPSA) is 40.5 Å². The summed E-state index contributed by atoms with van der Waals surface area (Å²) in [5.74, 6) is -0.678. The highest BCUT2D eigenvalue weighted by Gasteiger charge is 2.42. The Kier molecular flexibility index (Phi) is 3.85. The van der Waals surface area contributed by atoms with E-state index in [4.69, 9.17) is 5.11 Å². The number of hydrogen-bond acceptors (Lipinski definition) is 2. The van der Waals surface area contributed by atoms with Crippen molar-refractivity contribution in [1.82, 2.24) is 4.90 Å². The van der Waals surface area contributed by atoms with Gasteiger partial charge in [-0.05, 0) is 38.6 Å². The minimum absolute atomic E-state index is 0.0906. The van der Waals surface area contributed by atoms with Gasteiger partial charge in [-0.1, -0.05) is 19.8 Å². The van der Waals surface area contributed by atoms with Gasteiger partial charge < -0.3 is 5.11 Å². The molecule has 3 nitrogen and oxygen atoms in total. The maximum absolute atomic E-state index is 11.1. The minimum Gasteiger partial charge on any atom is -0.481 e. The Bertz CT molecular complexity index is 254. The van der Waals surface area contributed by atoms with E-state index < -0.39 is 5.97 Å². The summed E-state index contributed by atoms with van der Waals surface area (Å²) in [6.45, 7) is 3.35. The number of likely N-dealkylation sites (tertiary alicyclic amines) is 1. The molecule has 1 saturated carbocycles. The lowest BCUT2D eigenvalue weighted by Gasteiger charge is -2.45. The molecule has 1 aliphatic carbocycles. The molecule has 3 atom stereocenters. The molecule has 0 bridgehead atoms. The molecule has 2 rings (SSSR count). The van der Waals surface area contributed by atoms with E-state index in [9.17, 15) is 4.79 Å². The number of rotatable bonds is 3. The zero-order valence-corrected chi connectivity index (χ0v) is 10.2. The summed E-state index contributed by atoms with van der Waals surface area (Å²) >= 11 is 0. The van der Waals surface area contributed by atoms with Crippen molar-refractivity contribution in [1.29, 1.82) is 0 Å². The molecule has 0 amide bonds. The third kappa shape index (κ3) is 2.24. The lowest BCUT2D eigenvalue weighted by atomic mass is 9.77. The molecule has 1 aliphatic heterocycles. The van der Waals surface area contributed by atoms with Crippen molar-refractivity contribution in [3.05, 3.63) is 0 Å². The van der Waals surface area contributed by atoms with Gasteiger partial charge in [0, 0.05) is 12.1 Å². The minimum atomic E-state index is -0.588. The molecular formula is C13H23NO2. The average Bonchev–Trinajstić information content (AvgIpc) is 2.40. The third-order valence-electron chi connectivity index (χ3n) is 4.38. The largest absolute Gasteiger partial charge is 0.481 e. The maximum atomic E-state index is 11.1. The lowest BCUT2D eigenvalue weighted by molar-refractivity contribution is -0.149. The first-order chi connectivity index (χ1) is 7.74. The van der Waals surface area contributed by atoms with Crippen LogP contribution in [0.3, 0.4) is 0 Å². The second kappa shape index (κ2) is 5.17. The fourth-order valence-electron chi connectivity index (χ4n) is 3.24. The van der Waals surface area contributed by atoms with Crippen molar-refractivity contribution in [2.24, 2.45) is 5.92 Å². The summed E-state index contributed by atoms with van der Waals surface area (Å²) in [6.07, 6.45) is 8.29. The summed E-state index contributed by atoms with van der Waals surface area (Å²) in [7, 11) is 0. The van der Waals surface area contributed by atoms with Gasteiger partial charge in [-0.15, -0.1) is 0 Å². The van der Waals surface area contributed by atoms with Gasteiger partial charge in [0.15, 0.2) is 0 Å². The Balaban J connectivity index is 2.02. The molecule has 0 spiro atoms. The molecule has 3 heteroatoms. The molecule has 1 saturated heterocycles. The van der Waals surface area contributed by atoms with Crippen molar-refractivity contribution in [3.8, 4) is 0 Å². The molecule has 2 fully saturated rings. The van der Waals surface area contributed by atoms with Crippen molar-refractivity contribution < 1.29 is 9.90 Å². The van der Waals surface area contributed by atoms with Crippen LogP contribution in [-0.2, 0) is 4.79 Å². The highest BCUT2D eigenvalue weighted by molar-refractivity contribution is 5.72. The average molecular weight is 225 g/mol. The van der Waals surface area contributed by atoms with Gasteiger partial charge in [-0.3, -0.25) is 9.69 Å². The summed E-state index contributed by atoms with van der Waals surface area (Å²) in [6, 6.07) is 0.968. The van der Waals surface area contributed by atoms with Gasteiger partial charge in [0.2, 0.25) is 0 Å². The predicted molar refractivity (Wildman–Crippen MR) is 63.4 cm³/mol.